The van der Waals surface area contributed by atoms with E-state index >= 15 is 0 Å². The summed E-state index contributed by atoms with van der Waals surface area (Å²) in [5.74, 6) is 0.321. The van der Waals surface area contributed by atoms with E-state index in [-0.39, 0.29) is 0 Å². The van der Waals surface area contributed by atoms with Crippen molar-refractivity contribution in [3.63, 3.8) is 0 Å². The van der Waals surface area contributed by atoms with Crippen molar-refractivity contribution >= 4 is 5.69 Å². The van der Waals surface area contributed by atoms with Crippen LogP contribution in [0.4, 0.5) is 18.9 Å². The smallest absolute Gasteiger partial charge is 0.411 e. The number of alkyl halides is 3. The first-order valence-electron chi connectivity index (χ1n) is 4.52. The lowest BCUT2D eigenvalue weighted by Crippen LogP contribution is -2.19. The van der Waals surface area contributed by atoms with Gasteiger partial charge in [0.25, 0.3) is 0 Å². The molecule has 0 bridgehead atoms. The summed E-state index contributed by atoms with van der Waals surface area (Å²) in [5, 5.41) is 0. The van der Waals surface area contributed by atoms with E-state index in [2.05, 4.69) is 4.74 Å². The summed E-state index contributed by atoms with van der Waals surface area (Å²) in [6, 6.07) is 5.04. The molecule has 1 aromatic carbocycles. The van der Waals surface area contributed by atoms with Gasteiger partial charge in [0.15, 0.2) is 6.79 Å². The molecule has 0 heterocycles. The van der Waals surface area contributed by atoms with Crippen molar-refractivity contribution < 1.29 is 22.6 Å². The van der Waals surface area contributed by atoms with Crippen LogP contribution in [0.25, 0.3) is 0 Å². The summed E-state index contributed by atoms with van der Waals surface area (Å²) >= 11 is 0. The van der Waals surface area contributed by atoms with Gasteiger partial charge in [-0.1, -0.05) is 12.1 Å². The Morgan fingerprint density at radius 3 is 2.62 bits per heavy atom. The monoisotopic (exact) mass is 235 g/mol. The lowest BCUT2D eigenvalue weighted by Gasteiger charge is -2.11. The standard InChI is InChI=1S/C10H12F3NO2/c1-7-3-2-4-8(9(7)14)16-6-15-5-10(11,12)13/h2-4H,5-6,14H2,1H3. The maximum absolute atomic E-state index is 11.7. The van der Waals surface area contributed by atoms with E-state index in [1.54, 1.807) is 25.1 Å². The number of benzene rings is 1. The van der Waals surface area contributed by atoms with Gasteiger partial charge in [-0.15, -0.1) is 0 Å². The van der Waals surface area contributed by atoms with Gasteiger partial charge in [-0.3, -0.25) is 0 Å². The number of aryl methyl sites for hydroxylation is 1. The van der Waals surface area contributed by atoms with Crippen molar-refractivity contribution in [1.82, 2.24) is 0 Å². The van der Waals surface area contributed by atoms with Crippen LogP contribution in [0, 0.1) is 6.92 Å². The largest absolute Gasteiger partial charge is 0.465 e. The Balaban J connectivity index is 2.41. The van der Waals surface area contributed by atoms with E-state index in [0.717, 1.165) is 5.56 Å². The van der Waals surface area contributed by atoms with Crippen molar-refractivity contribution in [3.05, 3.63) is 23.8 Å². The highest BCUT2D eigenvalue weighted by Crippen LogP contribution is 2.24. The fourth-order valence-corrected chi connectivity index (χ4v) is 1.04. The van der Waals surface area contributed by atoms with Gasteiger partial charge < -0.3 is 15.2 Å². The SMILES string of the molecule is Cc1cccc(OCOCC(F)(F)F)c1N. The molecule has 0 aliphatic carbocycles. The molecule has 1 rings (SSSR count). The fraction of sp³-hybridized carbons (Fsp3) is 0.400. The minimum absolute atomic E-state index is 0.321. The maximum Gasteiger partial charge on any atom is 0.411 e. The highest BCUT2D eigenvalue weighted by atomic mass is 19.4. The van der Waals surface area contributed by atoms with Crippen LogP contribution in [0.15, 0.2) is 18.2 Å². The third kappa shape index (κ3) is 3.98. The van der Waals surface area contributed by atoms with Crippen LogP contribution >= 0.6 is 0 Å². The summed E-state index contributed by atoms with van der Waals surface area (Å²) in [6.45, 7) is -0.0371. The molecule has 3 nitrogen and oxygen atoms in total. The molecule has 0 atom stereocenters. The molecule has 1 aromatic rings. The Kier molecular flexibility index (Phi) is 4.00. The summed E-state index contributed by atoms with van der Waals surface area (Å²) < 4.78 is 44.4. The van der Waals surface area contributed by atoms with Gasteiger partial charge in [0.2, 0.25) is 0 Å². The van der Waals surface area contributed by atoms with Crippen LogP contribution in [-0.2, 0) is 4.74 Å². The molecule has 0 aromatic heterocycles. The molecule has 0 saturated carbocycles. The summed E-state index contributed by atoms with van der Waals surface area (Å²) in [4.78, 5) is 0. The van der Waals surface area contributed by atoms with E-state index in [0.29, 0.717) is 11.4 Å². The van der Waals surface area contributed by atoms with Gasteiger partial charge in [-0.2, -0.15) is 13.2 Å². The third-order valence-corrected chi connectivity index (χ3v) is 1.85. The Bertz CT molecular complexity index is 352. The zero-order chi connectivity index (χ0) is 12.2. The lowest BCUT2D eigenvalue weighted by atomic mass is 10.2. The molecule has 0 aliphatic rings. The number of rotatable bonds is 4. The number of para-hydroxylation sites is 1. The molecular weight excluding hydrogens is 223 g/mol. The molecule has 0 amide bonds. The van der Waals surface area contributed by atoms with Crippen LogP contribution in [0.2, 0.25) is 0 Å². The lowest BCUT2D eigenvalue weighted by molar-refractivity contribution is -0.186. The molecule has 90 valence electrons. The first kappa shape index (κ1) is 12.6. The maximum atomic E-state index is 11.7. The van der Waals surface area contributed by atoms with E-state index in [1.807, 2.05) is 0 Å². The number of nitrogen functional groups attached to an aromatic ring is 1. The van der Waals surface area contributed by atoms with Crippen molar-refractivity contribution in [2.45, 2.75) is 13.1 Å². The zero-order valence-corrected chi connectivity index (χ0v) is 8.67. The molecule has 16 heavy (non-hydrogen) atoms. The van der Waals surface area contributed by atoms with Crippen molar-refractivity contribution in [2.75, 3.05) is 19.1 Å². The molecule has 0 aliphatic heterocycles. The quantitative estimate of drug-likeness (QED) is 0.495. The molecule has 0 fully saturated rings. The minimum atomic E-state index is -4.35. The van der Waals surface area contributed by atoms with E-state index in [1.165, 1.54) is 0 Å². The minimum Gasteiger partial charge on any atom is -0.465 e. The molecule has 2 N–H and O–H groups in total. The van der Waals surface area contributed by atoms with Crippen molar-refractivity contribution in [2.24, 2.45) is 0 Å². The highest BCUT2D eigenvalue weighted by molar-refractivity contribution is 5.57. The first-order valence-corrected chi connectivity index (χ1v) is 4.52. The number of nitrogens with two attached hydrogens (primary N) is 1. The topological polar surface area (TPSA) is 44.5 Å². The van der Waals surface area contributed by atoms with E-state index < -0.39 is 19.6 Å². The molecule has 6 heteroatoms. The van der Waals surface area contributed by atoms with Crippen LogP contribution in [-0.4, -0.2) is 19.6 Å². The van der Waals surface area contributed by atoms with Gasteiger partial charge in [-0.05, 0) is 18.6 Å². The number of halogens is 3. The second kappa shape index (κ2) is 5.07. The van der Waals surface area contributed by atoms with Crippen LogP contribution in [0.1, 0.15) is 5.56 Å². The molecule has 0 spiro atoms. The van der Waals surface area contributed by atoms with Crippen molar-refractivity contribution in [1.29, 1.82) is 0 Å². The molecule has 0 unspecified atom stereocenters. The normalized spacial score (nSPS) is 11.5. The summed E-state index contributed by atoms with van der Waals surface area (Å²) in [7, 11) is 0. The van der Waals surface area contributed by atoms with Gasteiger partial charge in [0.05, 0.1) is 5.69 Å². The van der Waals surface area contributed by atoms with E-state index in [4.69, 9.17) is 10.5 Å². The molecular formula is C10H12F3NO2. The third-order valence-electron chi connectivity index (χ3n) is 1.85. The van der Waals surface area contributed by atoms with Gasteiger partial charge in [-0.25, -0.2) is 0 Å². The number of anilines is 1. The first-order chi connectivity index (χ1) is 7.40. The van der Waals surface area contributed by atoms with Crippen LogP contribution in [0.3, 0.4) is 0 Å². The molecule has 0 saturated heterocycles. The van der Waals surface area contributed by atoms with Crippen molar-refractivity contribution in [3.8, 4) is 5.75 Å². The van der Waals surface area contributed by atoms with E-state index in [9.17, 15) is 13.2 Å². The predicted octanol–water partition coefficient (Wildman–Crippen LogP) is 2.49. The second-order valence-electron chi connectivity index (χ2n) is 3.21. The number of hydrogen-bond donors (Lipinski definition) is 1. The average Bonchev–Trinajstić information content (AvgIpc) is 2.17. The predicted molar refractivity (Wildman–Crippen MR) is 53.1 cm³/mol. The molecule has 0 radical (unpaired) electrons. The Labute approximate surface area is 91.0 Å². The Morgan fingerprint density at radius 1 is 1.31 bits per heavy atom. The second-order valence-corrected chi connectivity index (χ2v) is 3.21. The Morgan fingerprint density at radius 2 is 2.00 bits per heavy atom. The number of ether oxygens (including phenoxy) is 2. The van der Waals surface area contributed by atoms with Crippen LogP contribution < -0.4 is 10.5 Å². The van der Waals surface area contributed by atoms with Gasteiger partial charge in [0, 0.05) is 0 Å². The zero-order valence-electron chi connectivity index (χ0n) is 8.67. The number of hydrogen-bond acceptors (Lipinski definition) is 3. The average molecular weight is 235 g/mol. The Hall–Kier alpha value is -1.43. The summed E-state index contributed by atoms with van der Waals surface area (Å²) in [6.07, 6.45) is -4.35. The fourth-order valence-electron chi connectivity index (χ4n) is 1.04. The highest BCUT2D eigenvalue weighted by Gasteiger charge is 2.27. The van der Waals surface area contributed by atoms with Gasteiger partial charge in [0.1, 0.15) is 12.4 Å². The summed E-state index contributed by atoms with van der Waals surface area (Å²) in [5.41, 5.74) is 6.85. The van der Waals surface area contributed by atoms with Crippen LogP contribution in [0.5, 0.6) is 5.75 Å². The van der Waals surface area contributed by atoms with Gasteiger partial charge >= 0.3 is 6.18 Å².